The number of nitrogens with one attached hydrogen (secondary N) is 3. The molecule has 0 saturated heterocycles. The van der Waals surface area contributed by atoms with Gasteiger partial charge in [0.15, 0.2) is 0 Å². The zero-order valence-electron chi connectivity index (χ0n) is 20.0. The van der Waals surface area contributed by atoms with E-state index in [0.29, 0.717) is 17.2 Å². The summed E-state index contributed by atoms with van der Waals surface area (Å²) in [7, 11) is 0. The van der Waals surface area contributed by atoms with Gasteiger partial charge in [0.1, 0.15) is 17.3 Å². The van der Waals surface area contributed by atoms with Crippen molar-refractivity contribution < 1.29 is 22.4 Å². The molecule has 2 aromatic heterocycles. The van der Waals surface area contributed by atoms with Crippen LogP contribution in [-0.2, 0) is 11.6 Å². The molecule has 0 fully saturated rings. The van der Waals surface area contributed by atoms with Crippen molar-refractivity contribution in [1.29, 1.82) is 0 Å². The first-order chi connectivity index (χ1) is 17.3. The summed E-state index contributed by atoms with van der Waals surface area (Å²) >= 11 is 0. The molecule has 5 N–H and O–H groups in total. The Labute approximate surface area is 209 Å². The van der Waals surface area contributed by atoms with Crippen LogP contribution in [0.5, 0.6) is 0 Å². The van der Waals surface area contributed by atoms with Crippen molar-refractivity contribution in [1.82, 2.24) is 19.9 Å². The van der Waals surface area contributed by atoms with Gasteiger partial charge in [-0.25, -0.2) is 24.1 Å². The number of anilines is 3. The zero-order chi connectivity index (χ0) is 27.0. The monoisotopic (exact) mass is 513 g/mol. The number of nitrogens with two attached hydrogens (primary N) is 1. The summed E-state index contributed by atoms with van der Waals surface area (Å²) in [5.41, 5.74) is 6.05. The number of imidazole rings is 1. The highest BCUT2D eigenvalue weighted by Crippen LogP contribution is 2.35. The number of alkyl halides is 3. The van der Waals surface area contributed by atoms with Gasteiger partial charge in [-0.3, -0.25) is 0 Å². The molecule has 2 aromatic carbocycles. The average molecular weight is 513 g/mol. The van der Waals surface area contributed by atoms with Crippen LogP contribution in [0.4, 0.5) is 39.7 Å². The Kier molecular flexibility index (Phi) is 6.59. The maximum Gasteiger partial charge on any atom is 0.416 e. The largest absolute Gasteiger partial charge is 0.416 e. The first-order valence-corrected chi connectivity index (χ1v) is 11.1. The van der Waals surface area contributed by atoms with E-state index in [1.807, 2.05) is 20.8 Å². The van der Waals surface area contributed by atoms with E-state index >= 15 is 4.39 Å². The fourth-order valence-electron chi connectivity index (χ4n) is 3.44. The minimum atomic E-state index is -4.49. The molecule has 2 heterocycles. The molecule has 8 nitrogen and oxygen atoms in total. The molecule has 0 aliphatic rings. The van der Waals surface area contributed by atoms with Gasteiger partial charge in [-0.1, -0.05) is 20.8 Å². The number of amides is 2. The lowest BCUT2D eigenvalue weighted by Crippen LogP contribution is -2.19. The van der Waals surface area contributed by atoms with Crippen LogP contribution in [0.1, 0.15) is 32.2 Å². The Bertz CT molecular complexity index is 1440. The van der Waals surface area contributed by atoms with Gasteiger partial charge in [0, 0.05) is 28.6 Å². The highest BCUT2D eigenvalue weighted by molar-refractivity contribution is 6.00. The molecule has 0 radical (unpaired) electrons. The molecular weight excluding hydrogens is 490 g/mol. The Morgan fingerprint density at radius 1 is 0.946 bits per heavy atom. The molecule has 0 aliphatic carbocycles. The van der Waals surface area contributed by atoms with E-state index in [1.165, 1.54) is 24.4 Å². The Hall–Kier alpha value is -4.48. The van der Waals surface area contributed by atoms with E-state index in [0.717, 1.165) is 24.3 Å². The molecule has 0 saturated carbocycles. The number of aromatic amines is 1. The second-order valence-electron chi connectivity index (χ2n) is 9.21. The van der Waals surface area contributed by atoms with Crippen LogP contribution in [0.3, 0.4) is 0 Å². The van der Waals surface area contributed by atoms with Gasteiger partial charge in [-0.15, -0.1) is 0 Å². The molecule has 0 aliphatic heterocycles. The van der Waals surface area contributed by atoms with E-state index in [9.17, 15) is 18.0 Å². The van der Waals surface area contributed by atoms with Gasteiger partial charge in [0.05, 0.1) is 17.0 Å². The number of carbonyl (C=O) groups is 1. The molecule has 12 heteroatoms. The fraction of sp³-hybridized carbons (Fsp3) is 0.200. The number of urea groups is 1. The zero-order valence-corrected chi connectivity index (χ0v) is 20.0. The number of carbonyl (C=O) groups excluding carboxylic acids is 1. The van der Waals surface area contributed by atoms with Gasteiger partial charge in [0.2, 0.25) is 5.95 Å². The second kappa shape index (κ2) is 9.52. The van der Waals surface area contributed by atoms with Crippen LogP contribution in [-0.4, -0.2) is 26.0 Å². The number of hydrogen-bond donors (Lipinski definition) is 4. The molecule has 0 bridgehead atoms. The van der Waals surface area contributed by atoms with Gasteiger partial charge < -0.3 is 21.4 Å². The van der Waals surface area contributed by atoms with Gasteiger partial charge in [-0.05, 0) is 48.5 Å². The molecule has 0 spiro atoms. The number of H-pyrrole nitrogens is 1. The number of halogens is 4. The van der Waals surface area contributed by atoms with Crippen LogP contribution in [0, 0.1) is 5.82 Å². The van der Waals surface area contributed by atoms with Crippen molar-refractivity contribution in [3.05, 3.63) is 71.9 Å². The maximum absolute atomic E-state index is 15.0. The maximum atomic E-state index is 15.0. The highest BCUT2D eigenvalue weighted by Gasteiger charge is 2.30. The normalized spacial score (nSPS) is 11.9. The smallest absolute Gasteiger partial charge is 0.368 e. The lowest BCUT2D eigenvalue weighted by molar-refractivity contribution is -0.137. The minimum absolute atomic E-state index is 0.0335. The quantitative estimate of drug-likeness (QED) is 0.242. The van der Waals surface area contributed by atoms with E-state index in [1.54, 1.807) is 6.07 Å². The average Bonchev–Trinajstić information content (AvgIpc) is 3.26. The summed E-state index contributed by atoms with van der Waals surface area (Å²) in [6.45, 7) is 5.81. The Morgan fingerprint density at radius 3 is 2.22 bits per heavy atom. The molecule has 2 amide bonds. The van der Waals surface area contributed by atoms with Crippen molar-refractivity contribution in [2.75, 3.05) is 16.4 Å². The second-order valence-corrected chi connectivity index (χ2v) is 9.21. The number of benzene rings is 2. The van der Waals surface area contributed by atoms with Gasteiger partial charge in [-0.2, -0.15) is 13.2 Å². The summed E-state index contributed by atoms with van der Waals surface area (Å²) in [6.07, 6.45) is -3.01. The SMILES string of the molecule is CC(C)(C)c1nc(-c2cc(NC(=O)Nc3ccc(C(F)(F)F)cc3)ccc2F)c(-c2ccnc(N)n2)[nH]1. The van der Waals surface area contributed by atoms with E-state index in [4.69, 9.17) is 5.73 Å². The standard InChI is InChI=1S/C25H23F4N7O/c1-24(2,3)21-35-19(20(36-21)18-10-11-31-22(30)34-18)16-12-15(8-9-17(16)26)33-23(37)32-14-6-4-13(5-7-14)25(27,28)29/h4-12H,1-3H3,(H,35,36)(H2,30,31,34)(H2,32,33,37). The third-order valence-electron chi connectivity index (χ3n) is 5.29. The molecule has 192 valence electrons. The van der Waals surface area contributed by atoms with Crippen LogP contribution < -0.4 is 16.4 Å². The lowest BCUT2D eigenvalue weighted by atomic mass is 9.96. The first kappa shape index (κ1) is 25.6. The predicted molar refractivity (Wildman–Crippen MR) is 132 cm³/mol. The molecule has 4 rings (SSSR count). The van der Waals surface area contributed by atoms with Crippen molar-refractivity contribution >= 4 is 23.4 Å². The third-order valence-corrected chi connectivity index (χ3v) is 5.29. The highest BCUT2D eigenvalue weighted by atomic mass is 19.4. The molecule has 0 atom stereocenters. The number of nitrogen functional groups attached to an aromatic ring is 1. The lowest BCUT2D eigenvalue weighted by Gasteiger charge is -2.14. The summed E-state index contributed by atoms with van der Waals surface area (Å²) < 4.78 is 53.3. The van der Waals surface area contributed by atoms with Gasteiger partial charge >= 0.3 is 12.2 Å². The van der Waals surface area contributed by atoms with Crippen LogP contribution in [0.2, 0.25) is 0 Å². The minimum Gasteiger partial charge on any atom is -0.368 e. The summed E-state index contributed by atoms with van der Waals surface area (Å²) in [5, 5.41) is 5.00. The summed E-state index contributed by atoms with van der Waals surface area (Å²) in [6, 6.07) is 8.80. The molecule has 0 unspecified atom stereocenters. The van der Waals surface area contributed by atoms with Crippen LogP contribution in [0.25, 0.3) is 22.6 Å². The summed E-state index contributed by atoms with van der Waals surface area (Å²) in [4.78, 5) is 28.4. The molecular formula is C25H23F4N7O. The Morgan fingerprint density at radius 2 is 1.59 bits per heavy atom. The fourth-order valence-corrected chi connectivity index (χ4v) is 3.44. The Balaban J connectivity index is 1.64. The predicted octanol–water partition coefficient (Wildman–Crippen LogP) is 6.22. The molecule has 37 heavy (non-hydrogen) atoms. The van der Waals surface area contributed by atoms with Gasteiger partial charge in [0.25, 0.3) is 0 Å². The van der Waals surface area contributed by atoms with Crippen molar-refractivity contribution in [3.8, 4) is 22.6 Å². The summed E-state index contributed by atoms with van der Waals surface area (Å²) in [5.74, 6) is 0.0163. The number of rotatable bonds is 4. The molecule has 4 aromatic rings. The number of hydrogen-bond acceptors (Lipinski definition) is 5. The van der Waals surface area contributed by atoms with Crippen molar-refractivity contribution in [2.45, 2.75) is 32.4 Å². The van der Waals surface area contributed by atoms with Crippen molar-refractivity contribution in [3.63, 3.8) is 0 Å². The van der Waals surface area contributed by atoms with E-state index in [2.05, 4.69) is 30.6 Å². The van der Waals surface area contributed by atoms with E-state index < -0.39 is 29.0 Å². The van der Waals surface area contributed by atoms with Crippen LogP contribution in [0.15, 0.2) is 54.7 Å². The first-order valence-electron chi connectivity index (χ1n) is 11.1. The van der Waals surface area contributed by atoms with Crippen LogP contribution >= 0.6 is 0 Å². The number of aromatic nitrogens is 4. The van der Waals surface area contributed by atoms with Crippen molar-refractivity contribution in [2.24, 2.45) is 0 Å². The third kappa shape index (κ3) is 5.85. The van der Waals surface area contributed by atoms with E-state index in [-0.39, 0.29) is 28.6 Å². The number of nitrogens with zero attached hydrogens (tertiary/aromatic N) is 3. The topological polar surface area (TPSA) is 122 Å².